The van der Waals surface area contributed by atoms with Crippen molar-refractivity contribution in [3.05, 3.63) is 112 Å². The molecule has 0 aliphatic carbocycles. The minimum Gasteiger partial charge on any atom is -0.489 e. The van der Waals surface area contributed by atoms with Gasteiger partial charge in [0.25, 0.3) is 0 Å². The Kier molecular flexibility index (Phi) is 6.45. The largest absolute Gasteiger partial charge is 0.489 e. The van der Waals surface area contributed by atoms with Crippen molar-refractivity contribution in [2.75, 3.05) is 5.32 Å². The number of halogens is 1. The Hall–Kier alpha value is -4.17. The highest BCUT2D eigenvalue weighted by Crippen LogP contribution is 2.39. The summed E-state index contributed by atoms with van der Waals surface area (Å²) in [6, 6.07) is 23.9. The molecule has 0 amide bonds. The predicted molar refractivity (Wildman–Crippen MR) is 131 cm³/mol. The van der Waals surface area contributed by atoms with Gasteiger partial charge in [-0.3, -0.25) is 0 Å². The van der Waals surface area contributed by atoms with Gasteiger partial charge < -0.3 is 14.8 Å². The van der Waals surface area contributed by atoms with Crippen LogP contribution >= 0.6 is 11.6 Å². The van der Waals surface area contributed by atoms with Gasteiger partial charge in [-0.25, -0.2) is 4.79 Å². The Bertz CT molecular complexity index is 1370. The van der Waals surface area contributed by atoms with E-state index in [-0.39, 0.29) is 6.61 Å². The summed E-state index contributed by atoms with van der Waals surface area (Å²) in [5, 5.41) is 15.8. The van der Waals surface area contributed by atoms with Crippen molar-refractivity contribution in [2.24, 2.45) is 0 Å². The lowest BCUT2D eigenvalue weighted by Crippen LogP contribution is -2.30. The third-order valence-corrected chi connectivity index (χ3v) is 5.92. The smallest absolute Gasteiger partial charge is 0.338 e. The number of carbonyl (C=O) groups excluding carboxylic acids is 1. The van der Waals surface area contributed by atoms with Crippen molar-refractivity contribution in [3.8, 4) is 5.75 Å². The van der Waals surface area contributed by atoms with Gasteiger partial charge in [-0.1, -0.05) is 77.4 Å². The van der Waals surface area contributed by atoms with E-state index in [4.69, 9.17) is 21.1 Å². The van der Waals surface area contributed by atoms with Gasteiger partial charge in [0.05, 0.1) is 5.57 Å². The maximum absolute atomic E-state index is 13.4. The second kappa shape index (κ2) is 9.99. The van der Waals surface area contributed by atoms with Crippen LogP contribution in [-0.2, 0) is 22.7 Å². The molecule has 0 bridgehead atoms. The van der Waals surface area contributed by atoms with E-state index in [1.807, 2.05) is 85.8 Å². The highest BCUT2D eigenvalue weighted by Gasteiger charge is 2.36. The zero-order valence-corrected chi connectivity index (χ0v) is 19.6. The van der Waals surface area contributed by atoms with E-state index in [2.05, 4.69) is 20.8 Å². The molecule has 9 heteroatoms. The number of para-hydroxylation sites is 1. The van der Waals surface area contributed by atoms with Crippen molar-refractivity contribution >= 4 is 23.5 Å². The number of hydrogen-bond donors (Lipinski definition) is 1. The fourth-order valence-electron chi connectivity index (χ4n) is 3.94. The van der Waals surface area contributed by atoms with E-state index >= 15 is 0 Å². The first-order valence-corrected chi connectivity index (χ1v) is 11.4. The van der Waals surface area contributed by atoms with E-state index < -0.39 is 12.0 Å². The van der Waals surface area contributed by atoms with E-state index in [1.165, 1.54) is 0 Å². The Labute approximate surface area is 207 Å². The van der Waals surface area contributed by atoms with Gasteiger partial charge >= 0.3 is 5.97 Å². The van der Waals surface area contributed by atoms with Crippen LogP contribution in [0.25, 0.3) is 0 Å². The summed E-state index contributed by atoms with van der Waals surface area (Å²) >= 11 is 6.00. The van der Waals surface area contributed by atoms with Crippen LogP contribution in [0.1, 0.15) is 29.7 Å². The van der Waals surface area contributed by atoms with Crippen LogP contribution in [0.2, 0.25) is 5.02 Å². The van der Waals surface area contributed by atoms with Gasteiger partial charge in [-0.05, 0) is 46.7 Å². The third-order valence-electron chi connectivity index (χ3n) is 5.67. The molecular formula is C26H22ClN5O3. The van der Waals surface area contributed by atoms with Crippen LogP contribution < -0.4 is 10.1 Å². The molecule has 5 rings (SSSR count). The molecule has 0 spiro atoms. The molecule has 8 nitrogen and oxygen atoms in total. The lowest BCUT2D eigenvalue weighted by Gasteiger charge is -2.28. The Morgan fingerprint density at radius 2 is 1.69 bits per heavy atom. The van der Waals surface area contributed by atoms with Crippen molar-refractivity contribution in [1.82, 2.24) is 20.2 Å². The lowest BCUT2D eigenvalue weighted by atomic mass is 9.95. The predicted octanol–water partition coefficient (Wildman–Crippen LogP) is 4.94. The zero-order valence-electron chi connectivity index (χ0n) is 18.9. The number of esters is 1. The molecule has 35 heavy (non-hydrogen) atoms. The molecule has 0 saturated heterocycles. The molecule has 0 radical (unpaired) electrons. The van der Waals surface area contributed by atoms with Crippen molar-refractivity contribution < 1.29 is 14.3 Å². The van der Waals surface area contributed by atoms with Crippen molar-refractivity contribution in [2.45, 2.75) is 26.2 Å². The normalized spacial score (nSPS) is 14.7. The summed E-state index contributed by atoms with van der Waals surface area (Å²) in [6.45, 7) is 2.29. The Morgan fingerprint density at radius 1 is 0.971 bits per heavy atom. The number of hydrogen-bond acceptors (Lipinski definition) is 7. The number of aromatic nitrogens is 4. The maximum atomic E-state index is 13.4. The van der Waals surface area contributed by atoms with E-state index in [0.717, 1.165) is 16.7 Å². The van der Waals surface area contributed by atoms with E-state index in [0.29, 0.717) is 34.6 Å². The summed E-state index contributed by atoms with van der Waals surface area (Å²) in [4.78, 5) is 13.4. The first-order chi connectivity index (χ1) is 17.1. The number of tetrazole rings is 1. The zero-order chi connectivity index (χ0) is 24.2. The molecule has 3 aromatic carbocycles. The number of fused-ring (bicyclic) bond motifs is 1. The van der Waals surface area contributed by atoms with Crippen LogP contribution in [0.15, 0.2) is 90.1 Å². The fourth-order valence-corrected chi connectivity index (χ4v) is 4.07. The van der Waals surface area contributed by atoms with Gasteiger partial charge in [-0.2, -0.15) is 4.68 Å². The Morgan fingerprint density at radius 3 is 2.49 bits per heavy atom. The highest BCUT2D eigenvalue weighted by molar-refractivity contribution is 6.30. The van der Waals surface area contributed by atoms with Crippen LogP contribution in [0.3, 0.4) is 0 Å². The van der Waals surface area contributed by atoms with E-state index in [1.54, 1.807) is 4.68 Å². The third kappa shape index (κ3) is 4.88. The van der Waals surface area contributed by atoms with Gasteiger partial charge in [0.1, 0.15) is 25.0 Å². The fraction of sp³-hybridized carbons (Fsp3) is 0.154. The molecule has 4 aromatic rings. The second-order valence-corrected chi connectivity index (χ2v) is 8.46. The van der Waals surface area contributed by atoms with E-state index in [9.17, 15) is 4.79 Å². The minimum atomic E-state index is -0.633. The lowest BCUT2D eigenvalue weighted by molar-refractivity contribution is -0.140. The number of nitrogens with one attached hydrogen (secondary N) is 1. The molecule has 1 aliphatic rings. The number of anilines is 1. The minimum absolute atomic E-state index is 0.153. The quantitative estimate of drug-likeness (QED) is 0.369. The van der Waals surface area contributed by atoms with Crippen LogP contribution in [0.4, 0.5) is 5.95 Å². The molecule has 176 valence electrons. The van der Waals surface area contributed by atoms with Crippen molar-refractivity contribution in [1.29, 1.82) is 0 Å². The summed E-state index contributed by atoms with van der Waals surface area (Å²) in [5.41, 5.74) is 3.62. The van der Waals surface area contributed by atoms with Gasteiger partial charge in [0.2, 0.25) is 5.95 Å². The number of rotatable bonds is 7. The average molecular weight is 488 g/mol. The van der Waals surface area contributed by atoms with Gasteiger partial charge in [0, 0.05) is 16.3 Å². The van der Waals surface area contributed by atoms with Crippen LogP contribution in [-0.4, -0.2) is 26.2 Å². The molecule has 1 N–H and O–H groups in total. The summed E-state index contributed by atoms with van der Waals surface area (Å²) in [5.74, 6) is 0.578. The first-order valence-electron chi connectivity index (χ1n) is 11.0. The van der Waals surface area contributed by atoms with Crippen molar-refractivity contribution in [3.63, 3.8) is 0 Å². The molecule has 1 unspecified atom stereocenters. The Balaban J connectivity index is 1.46. The highest BCUT2D eigenvalue weighted by atomic mass is 35.5. The molecule has 0 fully saturated rings. The molecule has 0 saturated carbocycles. The number of carbonyl (C=O) groups is 1. The second-order valence-electron chi connectivity index (χ2n) is 8.03. The average Bonchev–Trinajstić information content (AvgIpc) is 3.35. The topological polar surface area (TPSA) is 91.2 Å². The monoisotopic (exact) mass is 487 g/mol. The number of allylic oxidation sites excluding steroid dienone is 1. The first kappa shape index (κ1) is 22.6. The molecule has 1 aliphatic heterocycles. The standard InChI is InChI=1S/C26H22ClN5O3/c1-17-23(25(33)35-16-18-7-3-2-4-8-18)24(32-26(28-17)29-30-31-32)21-9-5-6-10-22(21)34-15-19-11-13-20(27)14-12-19/h2-14,24H,15-16H2,1H3,(H,28,29,31). The summed E-state index contributed by atoms with van der Waals surface area (Å²) in [6.07, 6.45) is 0. The maximum Gasteiger partial charge on any atom is 0.338 e. The SMILES string of the molecule is CC1=C(C(=O)OCc2ccccc2)C(c2ccccc2OCc2ccc(Cl)cc2)n2nnnc2N1. The number of benzene rings is 3. The summed E-state index contributed by atoms with van der Waals surface area (Å²) in [7, 11) is 0. The molecular weight excluding hydrogens is 466 g/mol. The molecule has 1 atom stereocenters. The van der Waals surface area contributed by atoms with Crippen LogP contribution in [0.5, 0.6) is 5.75 Å². The van der Waals surface area contributed by atoms with Gasteiger partial charge in [0.15, 0.2) is 0 Å². The number of nitrogens with zero attached hydrogens (tertiary/aromatic N) is 4. The molecule has 2 heterocycles. The molecule has 1 aromatic heterocycles. The number of ether oxygens (including phenoxy) is 2. The van der Waals surface area contributed by atoms with Gasteiger partial charge in [-0.15, -0.1) is 0 Å². The van der Waals surface area contributed by atoms with Crippen LogP contribution in [0, 0.1) is 0 Å². The summed E-state index contributed by atoms with van der Waals surface area (Å²) < 4.78 is 13.4.